The Labute approximate surface area is 103 Å². The minimum atomic E-state index is -0.573. The first-order valence-electron chi connectivity index (χ1n) is 6.07. The molecule has 0 aliphatic carbocycles. The molecule has 0 aliphatic rings. The van der Waals surface area contributed by atoms with E-state index in [-0.39, 0.29) is 5.91 Å². The second-order valence-electron chi connectivity index (χ2n) is 4.74. The molecular weight excluding hydrogens is 214 g/mol. The molecule has 0 saturated carbocycles. The van der Waals surface area contributed by atoms with Gasteiger partial charge in [0.05, 0.1) is 6.10 Å². The van der Waals surface area contributed by atoms with Crippen molar-refractivity contribution in [3.63, 3.8) is 0 Å². The van der Waals surface area contributed by atoms with E-state index in [9.17, 15) is 9.90 Å². The topological polar surface area (TPSA) is 49.3 Å². The summed E-state index contributed by atoms with van der Waals surface area (Å²) in [5.74, 6) is 0.527. The maximum Gasteiger partial charge on any atom is 0.224 e. The standard InChI is InChI=1S/C14H21NO2/c1-10(2)8-9-14(17)15-13-7-5-4-6-12(13)11(3)16/h4-7,10-11,16H,8-9H2,1-3H3,(H,15,17). The summed E-state index contributed by atoms with van der Waals surface area (Å²) < 4.78 is 0. The zero-order valence-electron chi connectivity index (χ0n) is 10.7. The van der Waals surface area contributed by atoms with Crippen LogP contribution in [0.25, 0.3) is 0 Å². The summed E-state index contributed by atoms with van der Waals surface area (Å²) in [6.07, 6.45) is 0.825. The number of carbonyl (C=O) groups excluding carboxylic acids is 1. The van der Waals surface area contributed by atoms with Gasteiger partial charge in [-0.15, -0.1) is 0 Å². The highest BCUT2D eigenvalue weighted by Crippen LogP contribution is 2.22. The lowest BCUT2D eigenvalue weighted by Gasteiger charge is -2.13. The van der Waals surface area contributed by atoms with Gasteiger partial charge < -0.3 is 10.4 Å². The molecule has 0 heterocycles. The van der Waals surface area contributed by atoms with Gasteiger partial charge >= 0.3 is 0 Å². The van der Waals surface area contributed by atoms with Crippen molar-refractivity contribution in [2.45, 2.75) is 39.7 Å². The molecule has 1 aromatic carbocycles. The lowest BCUT2D eigenvalue weighted by molar-refractivity contribution is -0.116. The average molecular weight is 235 g/mol. The Kier molecular flexibility index (Phi) is 5.16. The van der Waals surface area contributed by atoms with Gasteiger partial charge in [-0.1, -0.05) is 32.0 Å². The Morgan fingerprint density at radius 1 is 1.29 bits per heavy atom. The number of hydrogen-bond acceptors (Lipinski definition) is 2. The average Bonchev–Trinajstić information content (AvgIpc) is 2.27. The molecule has 0 aromatic heterocycles. The van der Waals surface area contributed by atoms with Crippen LogP contribution in [0.5, 0.6) is 0 Å². The van der Waals surface area contributed by atoms with E-state index in [0.29, 0.717) is 18.0 Å². The number of para-hydroxylation sites is 1. The zero-order valence-corrected chi connectivity index (χ0v) is 10.7. The van der Waals surface area contributed by atoms with Crippen molar-refractivity contribution in [3.05, 3.63) is 29.8 Å². The summed E-state index contributed by atoms with van der Waals surface area (Å²) in [7, 11) is 0. The number of rotatable bonds is 5. The van der Waals surface area contributed by atoms with Crippen molar-refractivity contribution < 1.29 is 9.90 Å². The molecule has 0 spiro atoms. The van der Waals surface area contributed by atoms with E-state index in [2.05, 4.69) is 19.2 Å². The third-order valence-electron chi connectivity index (χ3n) is 2.63. The quantitative estimate of drug-likeness (QED) is 0.823. The third kappa shape index (κ3) is 4.57. The Morgan fingerprint density at radius 3 is 2.53 bits per heavy atom. The summed E-state index contributed by atoms with van der Waals surface area (Å²) >= 11 is 0. The Hall–Kier alpha value is -1.35. The molecule has 0 radical (unpaired) electrons. The summed E-state index contributed by atoms with van der Waals surface area (Å²) in [5, 5.41) is 12.4. The minimum absolute atomic E-state index is 0.00630. The first-order chi connectivity index (χ1) is 8.00. The fraction of sp³-hybridized carbons (Fsp3) is 0.500. The highest BCUT2D eigenvalue weighted by atomic mass is 16.3. The summed E-state index contributed by atoms with van der Waals surface area (Å²) in [6.45, 7) is 5.88. The maximum absolute atomic E-state index is 11.7. The maximum atomic E-state index is 11.7. The van der Waals surface area contributed by atoms with Crippen molar-refractivity contribution in [1.82, 2.24) is 0 Å². The van der Waals surface area contributed by atoms with Gasteiger partial charge in [-0.2, -0.15) is 0 Å². The van der Waals surface area contributed by atoms with E-state index < -0.39 is 6.10 Å². The number of aliphatic hydroxyl groups is 1. The summed E-state index contributed by atoms with van der Waals surface area (Å²) in [6, 6.07) is 7.34. The number of nitrogens with one attached hydrogen (secondary N) is 1. The largest absolute Gasteiger partial charge is 0.389 e. The second kappa shape index (κ2) is 6.40. The first kappa shape index (κ1) is 13.7. The molecule has 2 N–H and O–H groups in total. The molecular formula is C14H21NO2. The highest BCUT2D eigenvalue weighted by Gasteiger charge is 2.10. The molecule has 1 unspecified atom stereocenters. The molecule has 1 atom stereocenters. The van der Waals surface area contributed by atoms with E-state index in [1.807, 2.05) is 24.3 Å². The van der Waals surface area contributed by atoms with Gasteiger partial charge in [-0.25, -0.2) is 0 Å². The van der Waals surface area contributed by atoms with Crippen LogP contribution in [0.3, 0.4) is 0 Å². The van der Waals surface area contributed by atoms with Crippen LogP contribution in [0, 0.1) is 5.92 Å². The van der Waals surface area contributed by atoms with Crippen molar-refractivity contribution >= 4 is 11.6 Å². The molecule has 94 valence electrons. The normalized spacial score (nSPS) is 12.5. The number of anilines is 1. The molecule has 1 aromatic rings. The molecule has 3 nitrogen and oxygen atoms in total. The van der Waals surface area contributed by atoms with Crippen LogP contribution >= 0.6 is 0 Å². The Balaban J connectivity index is 2.65. The van der Waals surface area contributed by atoms with Crippen LogP contribution in [0.1, 0.15) is 45.3 Å². The van der Waals surface area contributed by atoms with E-state index in [0.717, 1.165) is 12.0 Å². The highest BCUT2D eigenvalue weighted by molar-refractivity contribution is 5.91. The van der Waals surface area contributed by atoms with Crippen molar-refractivity contribution in [3.8, 4) is 0 Å². The minimum Gasteiger partial charge on any atom is -0.389 e. The number of hydrogen-bond donors (Lipinski definition) is 2. The van der Waals surface area contributed by atoms with E-state index in [4.69, 9.17) is 0 Å². The van der Waals surface area contributed by atoms with Crippen molar-refractivity contribution in [1.29, 1.82) is 0 Å². The summed E-state index contributed by atoms with van der Waals surface area (Å²) in [4.78, 5) is 11.7. The molecule has 1 rings (SSSR count). The van der Waals surface area contributed by atoms with E-state index >= 15 is 0 Å². The number of carbonyl (C=O) groups is 1. The predicted octanol–water partition coefficient (Wildman–Crippen LogP) is 3.11. The molecule has 0 fully saturated rings. The van der Waals surface area contributed by atoms with Gasteiger partial charge in [-0.3, -0.25) is 4.79 Å². The van der Waals surface area contributed by atoms with Crippen LogP contribution in [0.15, 0.2) is 24.3 Å². The van der Waals surface area contributed by atoms with Crippen molar-refractivity contribution in [2.75, 3.05) is 5.32 Å². The second-order valence-corrected chi connectivity index (χ2v) is 4.74. The van der Waals surface area contributed by atoms with Gasteiger partial charge in [0.1, 0.15) is 0 Å². The lowest BCUT2D eigenvalue weighted by atomic mass is 10.1. The smallest absolute Gasteiger partial charge is 0.224 e. The van der Waals surface area contributed by atoms with E-state index in [1.165, 1.54) is 0 Å². The van der Waals surface area contributed by atoms with E-state index in [1.54, 1.807) is 6.92 Å². The fourth-order valence-corrected chi connectivity index (χ4v) is 1.61. The zero-order chi connectivity index (χ0) is 12.8. The molecule has 3 heteroatoms. The predicted molar refractivity (Wildman–Crippen MR) is 69.8 cm³/mol. The molecule has 0 saturated heterocycles. The van der Waals surface area contributed by atoms with Gasteiger partial charge in [0.25, 0.3) is 0 Å². The van der Waals surface area contributed by atoms with Gasteiger partial charge in [-0.05, 0) is 25.3 Å². The van der Waals surface area contributed by atoms with Crippen LogP contribution in [-0.4, -0.2) is 11.0 Å². The Bertz CT molecular complexity index is 372. The van der Waals surface area contributed by atoms with Crippen LogP contribution in [0.2, 0.25) is 0 Å². The number of aliphatic hydroxyl groups excluding tert-OH is 1. The van der Waals surface area contributed by atoms with Crippen LogP contribution < -0.4 is 5.32 Å². The first-order valence-corrected chi connectivity index (χ1v) is 6.07. The third-order valence-corrected chi connectivity index (χ3v) is 2.63. The van der Waals surface area contributed by atoms with Gasteiger partial charge in [0, 0.05) is 17.7 Å². The van der Waals surface area contributed by atoms with Crippen molar-refractivity contribution in [2.24, 2.45) is 5.92 Å². The lowest BCUT2D eigenvalue weighted by Crippen LogP contribution is -2.14. The van der Waals surface area contributed by atoms with Crippen LogP contribution in [0.4, 0.5) is 5.69 Å². The molecule has 17 heavy (non-hydrogen) atoms. The molecule has 1 amide bonds. The van der Waals surface area contributed by atoms with Crippen LogP contribution in [-0.2, 0) is 4.79 Å². The number of benzene rings is 1. The monoisotopic (exact) mass is 235 g/mol. The number of amides is 1. The Morgan fingerprint density at radius 2 is 1.94 bits per heavy atom. The molecule has 0 bridgehead atoms. The SMILES string of the molecule is CC(C)CCC(=O)Nc1ccccc1C(C)O. The molecule has 0 aliphatic heterocycles. The summed E-state index contributed by atoms with van der Waals surface area (Å²) in [5.41, 5.74) is 1.46. The fourth-order valence-electron chi connectivity index (χ4n) is 1.61. The van der Waals surface area contributed by atoms with Gasteiger partial charge in [0.2, 0.25) is 5.91 Å². The van der Waals surface area contributed by atoms with Gasteiger partial charge in [0.15, 0.2) is 0 Å².